The Morgan fingerprint density at radius 2 is 2.19 bits per heavy atom. The number of benzene rings is 1. The Hall–Kier alpha value is -1.25. The zero-order valence-electron chi connectivity index (χ0n) is 8.45. The van der Waals surface area contributed by atoms with Crippen molar-refractivity contribution < 1.29 is 0 Å². The average Bonchev–Trinajstić information content (AvgIpc) is 2.33. The molecule has 0 unspecified atom stereocenters. The summed E-state index contributed by atoms with van der Waals surface area (Å²) in [4.78, 5) is 4.32. The molecule has 0 amide bonds. The Morgan fingerprint density at radius 3 is 3.00 bits per heavy atom. The molecule has 2 aromatic rings. The number of hydrogen-bond donors (Lipinski definition) is 1. The van der Waals surface area contributed by atoms with Gasteiger partial charge in [0.25, 0.3) is 0 Å². The minimum Gasteiger partial charge on any atom is -0.380 e. The van der Waals surface area contributed by atoms with Gasteiger partial charge in [0.2, 0.25) is 0 Å². The third-order valence-corrected chi connectivity index (χ3v) is 2.72. The van der Waals surface area contributed by atoms with E-state index in [1.165, 1.54) is 5.54 Å². The van der Waals surface area contributed by atoms with Gasteiger partial charge >= 0.3 is 0 Å². The third-order valence-electron chi connectivity index (χ3n) is 2.22. The number of pyridine rings is 1. The van der Waals surface area contributed by atoms with Gasteiger partial charge in [0.15, 0.2) is 0 Å². The normalized spacial score (nSPS) is 11.1. The Morgan fingerprint density at radius 1 is 1.31 bits per heavy atom. The minimum absolute atomic E-state index is 0.663. The fourth-order valence-electron chi connectivity index (χ4n) is 1.49. The van der Waals surface area contributed by atoms with E-state index in [2.05, 4.69) is 10.3 Å². The quantitative estimate of drug-likeness (QED) is 0.892. The number of anilines is 1. The van der Waals surface area contributed by atoms with Crippen molar-refractivity contribution in [2.45, 2.75) is 0 Å². The number of aromatic nitrogens is 1. The molecule has 0 aliphatic heterocycles. The first-order valence-electron chi connectivity index (χ1n) is 4.85. The van der Waals surface area contributed by atoms with Crippen LogP contribution in [0.25, 0.3) is 10.9 Å². The van der Waals surface area contributed by atoms with Crippen LogP contribution in [-0.2, 0) is 0 Å². The maximum atomic E-state index is 6.09. The number of halogens is 2. The molecule has 0 aliphatic rings. The number of fused-ring (bicyclic) bond motifs is 1. The van der Waals surface area contributed by atoms with Gasteiger partial charge in [-0.3, -0.25) is 4.98 Å². The van der Waals surface area contributed by atoms with Gasteiger partial charge in [-0.2, -0.15) is 0 Å². The van der Waals surface area contributed by atoms with E-state index in [0.717, 1.165) is 16.6 Å². The van der Waals surface area contributed by atoms with Crippen LogP contribution >= 0.6 is 23.2 Å². The summed E-state index contributed by atoms with van der Waals surface area (Å²) < 4.78 is 0. The van der Waals surface area contributed by atoms with Crippen LogP contribution in [0.15, 0.2) is 42.1 Å². The molecule has 0 bridgehead atoms. The lowest BCUT2D eigenvalue weighted by molar-refractivity contribution is 1.32. The third kappa shape index (κ3) is 2.29. The van der Waals surface area contributed by atoms with Gasteiger partial charge < -0.3 is 5.32 Å². The molecule has 0 aliphatic carbocycles. The zero-order chi connectivity index (χ0) is 11.4. The van der Waals surface area contributed by atoms with Crippen LogP contribution in [0.3, 0.4) is 0 Å². The predicted octanol–water partition coefficient (Wildman–Crippen LogP) is 4.05. The van der Waals surface area contributed by atoms with Crippen molar-refractivity contribution in [1.82, 2.24) is 4.98 Å². The molecule has 1 heterocycles. The molecule has 0 saturated heterocycles. The van der Waals surface area contributed by atoms with Crippen molar-refractivity contribution in [2.24, 2.45) is 0 Å². The van der Waals surface area contributed by atoms with Crippen LogP contribution in [0, 0.1) is 0 Å². The summed E-state index contributed by atoms with van der Waals surface area (Å²) in [5, 5.41) is 4.88. The summed E-state index contributed by atoms with van der Waals surface area (Å²) >= 11 is 11.5. The van der Waals surface area contributed by atoms with E-state index in [4.69, 9.17) is 23.2 Å². The van der Waals surface area contributed by atoms with Crippen LogP contribution in [0.1, 0.15) is 0 Å². The van der Waals surface area contributed by atoms with E-state index in [9.17, 15) is 0 Å². The first-order valence-corrected chi connectivity index (χ1v) is 5.66. The topological polar surface area (TPSA) is 24.9 Å². The average molecular weight is 253 g/mol. The fraction of sp³-hybridized carbons (Fsp3) is 0.0833. The minimum atomic E-state index is 0.663. The molecule has 1 aromatic carbocycles. The van der Waals surface area contributed by atoms with Crippen LogP contribution in [0.4, 0.5) is 5.69 Å². The molecule has 0 atom stereocenters. The highest BCUT2D eigenvalue weighted by Crippen LogP contribution is 2.27. The summed E-state index contributed by atoms with van der Waals surface area (Å²) in [6, 6.07) is 7.60. The molecule has 0 spiro atoms. The van der Waals surface area contributed by atoms with E-state index in [1.54, 1.807) is 6.20 Å². The largest absolute Gasteiger partial charge is 0.380 e. The van der Waals surface area contributed by atoms with E-state index < -0.39 is 0 Å². The molecule has 1 aromatic heterocycles. The van der Waals surface area contributed by atoms with Crippen molar-refractivity contribution in [2.75, 3.05) is 11.9 Å². The SMILES string of the molecule is Cl/C=C/CNc1ccc(Cl)c2cccnc12. The molecule has 2 nitrogen and oxygen atoms in total. The van der Waals surface area contributed by atoms with Gasteiger partial charge in [0.05, 0.1) is 16.2 Å². The maximum Gasteiger partial charge on any atom is 0.0948 e. The molecule has 2 rings (SSSR count). The van der Waals surface area contributed by atoms with Gasteiger partial charge in [0, 0.05) is 23.7 Å². The summed E-state index contributed by atoms with van der Waals surface area (Å²) in [6.45, 7) is 0.663. The van der Waals surface area contributed by atoms with E-state index in [0.29, 0.717) is 11.6 Å². The number of hydrogen-bond acceptors (Lipinski definition) is 2. The molecule has 0 fully saturated rings. The second-order valence-electron chi connectivity index (χ2n) is 3.24. The van der Waals surface area contributed by atoms with Gasteiger partial charge in [0.1, 0.15) is 0 Å². The number of nitrogens with one attached hydrogen (secondary N) is 1. The second kappa shape index (κ2) is 5.19. The highest BCUT2D eigenvalue weighted by Gasteiger charge is 2.03. The second-order valence-corrected chi connectivity index (χ2v) is 3.90. The molecular formula is C12H10Cl2N2. The number of nitrogens with zero attached hydrogens (tertiary/aromatic N) is 1. The Kier molecular flexibility index (Phi) is 3.65. The van der Waals surface area contributed by atoms with Crippen molar-refractivity contribution in [1.29, 1.82) is 0 Å². The van der Waals surface area contributed by atoms with Crippen LogP contribution in [0.5, 0.6) is 0 Å². The molecule has 16 heavy (non-hydrogen) atoms. The van der Waals surface area contributed by atoms with E-state index >= 15 is 0 Å². The summed E-state index contributed by atoms with van der Waals surface area (Å²) in [5.41, 5.74) is 3.31. The van der Waals surface area contributed by atoms with Crippen LogP contribution in [0.2, 0.25) is 5.02 Å². The van der Waals surface area contributed by atoms with E-state index in [-0.39, 0.29) is 0 Å². The lowest BCUT2D eigenvalue weighted by Crippen LogP contribution is -1.99. The highest BCUT2D eigenvalue weighted by molar-refractivity contribution is 6.35. The van der Waals surface area contributed by atoms with Crippen molar-refractivity contribution in [3.05, 3.63) is 47.1 Å². The molecular weight excluding hydrogens is 243 g/mol. The lowest BCUT2D eigenvalue weighted by Gasteiger charge is -2.07. The first-order chi connectivity index (χ1) is 7.83. The Balaban J connectivity index is 2.42. The fourth-order valence-corrected chi connectivity index (χ4v) is 1.80. The van der Waals surface area contributed by atoms with Crippen LogP contribution in [-0.4, -0.2) is 11.5 Å². The molecule has 0 radical (unpaired) electrons. The van der Waals surface area contributed by atoms with Crippen molar-refractivity contribution in [3.63, 3.8) is 0 Å². The van der Waals surface area contributed by atoms with Gasteiger partial charge in [-0.15, -0.1) is 0 Å². The summed E-state index contributed by atoms with van der Waals surface area (Å²) in [7, 11) is 0. The Labute approximate surface area is 104 Å². The van der Waals surface area contributed by atoms with Crippen molar-refractivity contribution in [3.8, 4) is 0 Å². The standard InChI is InChI=1S/C12H10Cl2N2/c13-6-2-8-15-11-5-4-10(14)9-3-1-7-16-12(9)11/h1-7,15H,8H2/b6-2+. The predicted molar refractivity (Wildman–Crippen MR) is 70.2 cm³/mol. The Bertz CT molecular complexity index is 523. The zero-order valence-corrected chi connectivity index (χ0v) is 9.96. The highest BCUT2D eigenvalue weighted by atomic mass is 35.5. The summed E-state index contributed by atoms with van der Waals surface area (Å²) in [5.74, 6) is 0. The summed E-state index contributed by atoms with van der Waals surface area (Å²) in [6.07, 6.45) is 3.58. The smallest absolute Gasteiger partial charge is 0.0948 e. The molecule has 1 N–H and O–H groups in total. The lowest BCUT2D eigenvalue weighted by atomic mass is 10.2. The molecule has 82 valence electrons. The van der Waals surface area contributed by atoms with Gasteiger partial charge in [-0.1, -0.05) is 29.3 Å². The van der Waals surface area contributed by atoms with Gasteiger partial charge in [-0.05, 0) is 24.3 Å². The molecule has 0 saturated carbocycles. The first kappa shape index (κ1) is 11.2. The van der Waals surface area contributed by atoms with Gasteiger partial charge in [-0.25, -0.2) is 0 Å². The van der Waals surface area contributed by atoms with E-state index in [1.807, 2.05) is 30.3 Å². The number of rotatable bonds is 3. The van der Waals surface area contributed by atoms with Crippen molar-refractivity contribution >= 4 is 39.8 Å². The van der Waals surface area contributed by atoms with Crippen LogP contribution < -0.4 is 5.32 Å². The molecule has 4 heteroatoms. The maximum absolute atomic E-state index is 6.09. The monoisotopic (exact) mass is 252 g/mol.